The molecule has 21 heavy (non-hydrogen) atoms. The highest BCUT2D eigenvalue weighted by Crippen LogP contribution is 2.21. The first-order valence-electron chi connectivity index (χ1n) is 6.05. The summed E-state index contributed by atoms with van der Waals surface area (Å²) >= 11 is 11.7. The molecule has 0 atom stereocenters. The molecule has 1 aromatic rings. The molecule has 5 nitrogen and oxygen atoms in total. The number of hydrogen-bond acceptors (Lipinski definition) is 4. The summed E-state index contributed by atoms with van der Waals surface area (Å²) in [4.78, 5) is 0. The Morgan fingerprint density at radius 3 is 1.90 bits per heavy atom. The molecule has 0 radical (unpaired) electrons. The summed E-state index contributed by atoms with van der Waals surface area (Å²) in [5, 5.41) is 17.9. The summed E-state index contributed by atoms with van der Waals surface area (Å²) in [5.74, 6) is -0.274. The van der Waals surface area contributed by atoms with Crippen LogP contribution in [0, 0.1) is 22.7 Å². The van der Waals surface area contributed by atoms with Crippen molar-refractivity contribution in [1.29, 1.82) is 10.5 Å². The Bertz CT molecular complexity index is 639. The predicted molar refractivity (Wildman–Crippen MR) is 81.1 cm³/mol. The first kappa shape index (κ1) is 17.7. The molecule has 0 N–H and O–H groups in total. The van der Waals surface area contributed by atoms with Crippen LogP contribution in [0.1, 0.15) is 18.4 Å². The van der Waals surface area contributed by atoms with Crippen LogP contribution in [0.15, 0.2) is 18.2 Å². The molecule has 0 fully saturated rings. The van der Waals surface area contributed by atoms with Crippen LogP contribution in [0.25, 0.3) is 0 Å². The van der Waals surface area contributed by atoms with E-state index in [4.69, 9.17) is 33.7 Å². The normalized spacial score (nSPS) is 11.1. The molecule has 0 aromatic heterocycles. The first-order chi connectivity index (χ1) is 9.89. The SMILES string of the molecule is N#CCCN(CCC#N)S(=O)(=O)Cc1cc(Cl)cc(Cl)c1. The maximum atomic E-state index is 12.4. The second kappa shape index (κ2) is 8.21. The predicted octanol–water partition coefficient (Wildman–Crippen LogP) is 2.95. The molecule has 0 bridgehead atoms. The van der Waals surface area contributed by atoms with Gasteiger partial charge in [-0.1, -0.05) is 23.2 Å². The van der Waals surface area contributed by atoms with Crippen LogP contribution in [-0.2, 0) is 15.8 Å². The van der Waals surface area contributed by atoms with E-state index >= 15 is 0 Å². The van der Waals surface area contributed by atoms with Gasteiger partial charge in [0, 0.05) is 36.0 Å². The number of sulfonamides is 1. The molecule has 1 rings (SSSR count). The lowest BCUT2D eigenvalue weighted by atomic mass is 10.2. The van der Waals surface area contributed by atoms with Crippen molar-refractivity contribution >= 4 is 33.2 Å². The van der Waals surface area contributed by atoms with Crippen LogP contribution in [0.3, 0.4) is 0 Å². The zero-order valence-electron chi connectivity index (χ0n) is 11.1. The number of hydrogen-bond donors (Lipinski definition) is 0. The van der Waals surface area contributed by atoms with E-state index in [0.29, 0.717) is 15.6 Å². The van der Waals surface area contributed by atoms with Crippen LogP contribution in [-0.4, -0.2) is 25.8 Å². The van der Waals surface area contributed by atoms with Crippen LogP contribution in [0.5, 0.6) is 0 Å². The average Bonchev–Trinajstić information content (AvgIpc) is 2.36. The Morgan fingerprint density at radius 1 is 1.00 bits per heavy atom. The maximum Gasteiger partial charge on any atom is 0.218 e. The van der Waals surface area contributed by atoms with Crippen molar-refractivity contribution in [3.05, 3.63) is 33.8 Å². The largest absolute Gasteiger partial charge is 0.218 e. The molecular weight excluding hydrogens is 333 g/mol. The van der Waals surface area contributed by atoms with Crippen LogP contribution in [0.2, 0.25) is 10.0 Å². The van der Waals surface area contributed by atoms with E-state index in [1.54, 1.807) is 0 Å². The van der Waals surface area contributed by atoms with Gasteiger partial charge in [0.05, 0.1) is 17.9 Å². The summed E-state index contributed by atoms with van der Waals surface area (Å²) in [6.07, 6.45) is 0.141. The van der Waals surface area contributed by atoms with Gasteiger partial charge in [-0.15, -0.1) is 0 Å². The van der Waals surface area contributed by atoms with Crippen molar-refractivity contribution in [1.82, 2.24) is 4.31 Å². The number of rotatable bonds is 7. The lowest BCUT2D eigenvalue weighted by Crippen LogP contribution is -2.33. The van der Waals surface area contributed by atoms with Crippen molar-refractivity contribution in [2.24, 2.45) is 0 Å². The summed E-state index contributed by atoms with van der Waals surface area (Å²) in [6.45, 7) is 0.129. The van der Waals surface area contributed by atoms with Crippen molar-refractivity contribution in [3.63, 3.8) is 0 Å². The second-order valence-electron chi connectivity index (χ2n) is 4.25. The molecule has 0 spiro atoms. The van der Waals surface area contributed by atoms with Gasteiger partial charge in [0.1, 0.15) is 0 Å². The van der Waals surface area contributed by atoms with Gasteiger partial charge in [0.2, 0.25) is 10.0 Å². The smallest absolute Gasteiger partial charge is 0.212 e. The van der Waals surface area contributed by atoms with E-state index in [-0.39, 0.29) is 31.7 Å². The molecule has 0 saturated carbocycles. The summed E-state index contributed by atoms with van der Waals surface area (Å²) in [5.41, 5.74) is 0.464. The summed E-state index contributed by atoms with van der Waals surface area (Å²) in [7, 11) is -3.64. The Morgan fingerprint density at radius 2 is 1.48 bits per heavy atom. The summed E-state index contributed by atoms with van der Waals surface area (Å²) in [6, 6.07) is 8.36. The number of halogens is 2. The van der Waals surface area contributed by atoms with Crippen LogP contribution >= 0.6 is 23.2 Å². The minimum absolute atomic E-state index is 0.0643. The van der Waals surface area contributed by atoms with E-state index < -0.39 is 10.0 Å². The van der Waals surface area contributed by atoms with Crippen molar-refractivity contribution in [2.45, 2.75) is 18.6 Å². The van der Waals surface area contributed by atoms with Gasteiger partial charge in [0.25, 0.3) is 0 Å². The Labute approximate surface area is 134 Å². The molecule has 0 aliphatic heterocycles. The highest BCUT2D eigenvalue weighted by Gasteiger charge is 2.22. The maximum absolute atomic E-state index is 12.4. The molecule has 8 heteroatoms. The highest BCUT2D eigenvalue weighted by molar-refractivity contribution is 7.88. The molecule has 0 aliphatic rings. The Balaban J connectivity index is 2.94. The van der Waals surface area contributed by atoms with Crippen LogP contribution < -0.4 is 0 Å². The third-order valence-corrected chi connectivity index (χ3v) is 4.90. The molecule has 0 heterocycles. The van der Waals surface area contributed by atoms with Crippen molar-refractivity contribution in [2.75, 3.05) is 13.1 Å². The molecule has 112 valence electrons. The van der Waals surface area contributed by atoms with Crippen molar-refractivity contribution < 1.29 is 8.42 Å². The standard InChI is InChI=1S/C13H13Cl2N3O2S/c14-12-7-11(8-13(15)9-12)10-21(19,20)18(5-1-3-16)6-2-4-17/h7-9H,1-2,5-6,10H2. The van der Waals surface area contributed by atoms with Crippen LogP contribution in [0.4, 0.5) is 0 Å². The van der Waals surface area contributed by atoms with Gasteiger partial charge in [-0.25, -0.2) is 8.42 Å². The third-order valence-electron chi connectivity index (χ3n) is 2.61. The quantitative estimate of drug-likeness (QED) is 0.760. The fraction of sp³-hybridized carbons (Fsp3) is 0.385. The molecular formula is C13H13Cl2N3O2S. The van der Waals surface area contributed by atoms with E-state index in [1.165, 1.54) is 18.2 Å². The molecule has 0 saturated heterocycles. The Hall–Kier alpha value is -1.31. The highest BCUT2D eigenvalue weighted by atomic mass is 35.5. The van der Waals surface area contributed by atoms with Crippen molar-refractivity contribution in [3.8, 4) is 12.1 Å². The fourth-order valence-corrected chi connectivity index (χ4v) is 3.82. The number of nitriles is 2. The lowest BCUT2D eigenvalue weighted by Gasteiger charge is -2.20. The van der Waals surface area contributed by atoms with E-state index in [0.717, 1.165) is 4.31 Å². The first-order valence-corrected chi connectivity index (χ1v) is 8.42. The molecule has 0 unspecified atom stereocenters. The lowest BCUT2D eigenvalue weighted by molar-refractivity contribution is 0.424. The van der Waals surface area contributed by atoms with Gasteiger partial charge in [-0.3, -0.25) is 0 Å². The van der Waals surface area contributed by atoms with Gasteiger partial charge in [0.15, 0.2) is 0 Å². The second-order valence-corrected chi connectivity index (χ2v) is 7.09. The third kappa shape index (κ3) is 5.91. The summed E-state index contributed by atoms with van der Waals surface area (Å²) < 4.78 is 25.9. The monoisotopic (exact) mass is 345 g/mol. The zero-order valence-corrected chi connectivity index (χ0v) is 13.4. The minimum Gasteiger partial charge on any atom is -0.212 e. The average molecular weight is 346 g/mol. The zero-order chi connectivity index (χ0) is 15.9. The van der Waals surface area contributed by atoms with E-state index in [9.17, 15) is 8.42 Å². The Kier molecular flexibility index (Phi) is 6.94. The molecule has 1 aromatic carbocycles. The fourth-order valence-electron chi connectivity index (χ4n) is 1.74. The molecule has 0 aliphatic carbocycles. The molecule has 0 amide bonds. The van der Waals surface area contributed by atoms with Gasteiger partial charge >= 0.3 is 0 Å². The topological polar surface area (TPSA) is 85.0 Å². The minimum atomic E-state index is -3.64. The van der Waals surface area contributed by atoms with E-state index in [1.807, 2.05) is 12.1 Å². The van der Waals surface area contributed by atoms with Gasteiger partial charge < -0.3 is 0 Å². The number of benzene rings is 1. The van der Waals surface area contributed by atoms with Gasteiger partial charge in [-0.05, 0) is 23.8 Å². The van der Waals surface area contributed by atoms with Gasteiger partial charge in [-0.2, -0.15) is 14.8 Å². The van der Waals surface area contributed by atoms with E-state index in [2.05, 4.69) is 0 Å². The number of nitrogens with zero attached hydrogens (tertiary/aromatic N) is 3.